The summed E-state index contributed by atoms with van der Waals surface area (Å²) in [6.45, 7) is 1.15. The van der Waals surface area contributed by atoms with Crippen molar-refractivity contribution in [1.82, 2.24) is 14.3 Å². The predicted molar refractivity (Wildman–Crippen MR) is 63.4 cm³/mol. The first-order valence-electron chi connectivity index (χ1n) is 5.85. The van der Waals surface area contributed by atoms with Gasteiger partial charge in [-0.15, -0.1) is 0 Å². The van der Waals surface area contributed by atoms with Crippen molar-refractivity contribution < 1.29 is 18.3 Å². The lowest BCUT2D eigenvalue weighted by molar-refractivity contribution is 0.00316. The molecule has 0 aliphatic carbocycles. The van der Waals surface area contributed by atoms with Crippen molar-refractivity contribution in [1.29, 1.82) is 0 Å². The summed E-state index contributed by atoms with van der Waals surface area (Å²) in [5.74, 6) is 0. The second-order valence-corrected chi connectivity index (χ2v) is 6.02. The van der Waals surface area contributed by atoms with Gasteiger partial charge in [0, 0.05) is 13.1 Å². The molecule has 102 valence electrons. The summed E-state index contributed by atoms with van der Waals surface area (Å²) in [6.07, 6.45) is 3.99. The molecule has 1 aromatic rings. The Morgan fingerprint density at radius 3 is 2.78 bits per heavy atom. The zero-order valence-corrected chi connectivity index (χ0v) is 10.8. The molecule has 18 heavy (non-hydrogen) atoms. The van der Waals surface area contributed by atoms with Crippen LogP contribution in [0.3, 0.4) is 0 Å². The molecule has 2 rings (SSSR count). The van der Waals surface area contributed by atoms with Gasteiger partial charge >= 0.3 is 0 Å². The monoisotopic (exact) mass is 275 g/mol. The normalized spacial score (nSPS) is 19.2. The minimum Gasteiger partial charge on any atom is -0.394 e. The summed E-state index contributed by atoms with van der Waals surface area (Å²) in [5.41, 5.74) is 0. The molecule has 0 atom stereocenters. The molecule has 1 saturated heterocycles. The largest absolute Gasteiger partial charge is 0.394 e. The molecular formula is C10H17N3O4S. The Morgan fingerprint density at radius 1 is 1.50 bits per heavy atom. The highest BCUT2D eigenvalue weighted by Crippen LogP contribution is 2.20. The second kappa shape index (κ2) is 5.79. The summed E-state index contributed by atoms with van der Waals surface area (Å²) >= 11 is 0. The van der Waals surface area contributed by atoms with Crippen molar-refractivity contribution in [2.24, 2.45) is 0 Å². The van der Waals surface area contributed by atoms with E-state index in [1.807, 2.05) is 0 Å². The van der Waals surface area contributed by atoms with E-state index in [2.05, 4.69) is 9.97 Å². The third-order valence-electron chi connectivity index (χ3n) is 2.94. The van der Waals surface area contributed by atoms with Crippen LogP contribution >= 0.6 is 0 Å². The molecule has 1 fully saturated rings. The van der Waals surface area contributed by atoms with Gasteiger partial charge in [0.15, 0.2) is 5.03 Å². The molecule has 2 N–H and O–H groups in total. The molecule has 1 aliphatic rings. The van der Waals surface area contributed by atoms with Gasteiger partial charge in [0.1, 0.15) is 0 Å². The predicted octanol–water partition coefficient (Wildman–Crippen LogP) is -0.428. The van der Waals surface area contributed by atoms with E-state index >= 15 is 0 Å². The number of hydrogen-bond acceptors (Lipinski definition) is 5. The van der Waals surface area contributed by atoms with Crippen LogP contribution in [0.4, 0.5) is 0 Å². The first kappa shape index (κ1) is 13.5. The topological polar surface area (TPSA) is 95.5 Å². The van der Waals surface area contributed by atoms with Crippen LogP contribution in [0.15, 0.2) is 17.6 Å². The van der Waals surface area contributed by atoms with E-state index in [4.69, 9.17) is 9.84 Å². The van der Waals surface area contributed by atoms with E-state index in [0.717, 1.165) is 0 Å². The molecule has 0 amide bonds. The first-order chi connectivity index (χ1) is 8.64. The Labute approximate surface area is 106 Å². The Kier molecular flexibility index (Phi) is 4.33. The van der Waals surface area contributed by atoms with Crippen LogP contribution in [0.1, 0.15) is 12.8 Å². The minimum absolute atomic E-state index is 0.00728. The van der Waals surface area contributed by atoms with Gasteiger partial charge in [-0.25, -0.2) is 13.4 Å². The molecular weight excluding hydrogens is 258 g/mol. The fraction of sp³-hybridized carbons (Fsp3) is 0.700. The number of nitrogens with zero attached hydrogens (tertiary/aromatic N) is 2. The van der Waals surface area contributed by atoms with Gasteiger partial charge in [0.25, 0.3) is 10.0 Å². The summed E-state index contributed by atoms with van der Waals surface area (Å²) in [5, 5.41) is 8.78. The fourth-order valence-corrected chi connectivity index (χ4v) is 3.35. The summed E-state index contributed by atoms with van der Waals surface area (Å²) in [6, 6.07) is 0. The van der Waals surface area contributed by atoms with Crippen LogP contribution in [0.5, 0.6) is 0 Å². The zero-order chi connectivity index (χ0) is 13.0. The van der Waals surface area contributed by atoms with Crippen LogP contribution in [-0.2, 0) is 14.8 Å². The van der Waals surface area contributed by atoms with E-state index in [-0.39, 0.29) is 17.7 Å². The van der Waals surface area contributed by atoms with Crippen molar-refractivity contribution in [3.8, 4) is 0 Å². The summed E-state index contributed by atoms with van der Waals surface area (Å²) in [4.78, 5) is 6.34. The number of hydrogen-bond donors (Lipinski definition) is 2. The molecule has 0 saturated carbocycles. The number of aliphatic hydroxyl groups is 1. The summed E-state index contributed by atoms with van der Waals surface area (Å²) < 4.78 is 31.1. The molecule has 0 aromatic carbocycles. The number of aliphatic hydroxyl groups excluding tert-OH is 1. The van der Waals surface area contributed by atoms with Gasteiger partial charge in [-0.3, -0.25) is 0 Å². The smallest absolute Gasteiger partial charge is 0.260 e. The molecule has 0 spiro atoms. The molecule has 7 nitrogen and oxygen atoms in total. The number of H-pyrrole nitrogens is 1. The SMILES string of the molecule is O=S(=O)(c1cnc[nH]1)N1CCC(OCCO)CC1. The Hall–Kier alpha value is -0.960. The number of imidazole rings is 1. The number of piperidine rings is 1. The minimum atomic E-state index is -3.45. The van der Waals surface area contributed by atoms with Gasteiger partial charge in [0.2, 0.25) is 0 Å². The highest BCUT2D eigenvalue weighted by molar-refractivity contribution is 7.89. The number of ether oxygens (including phenoxy) is 1. The number of aromatic amines is 1. The van der Waals surface area contributed by atoms with Gasteiger partial charge in [0.05, 0.1) is 31.8 Å². The highest BCUT2D eigenvalue weighted by Gasteiger charge is 2.30. The van der Waals surface area contributed by atoms with Crippen LogP contribution in [0, 0.1) is 0 Å². The quantitative estimate of drug-likeness (QED) is 0.760. The van der Waals surface area contributed by atoms with Crippen molar-refractivity contribution >= 4 is 10.0 Å². The van der Waals surface area contributed by atoms with E-state index < -0.39 is 10.0 Å². The lowest BCUT2D eigenvalue weighted by Gasteiger charge is -2.30. The molecule has 1 aliphatic heterocycles. The number of nitrogens with one attached hydrogen (secondary N) is 1. The summed E-state index contributed by atoms with van der Waals surface area (Å²) in [7, 11) is -3.45. The maximum atomic E-state index is 12.1. The maximum Gasteiger partial charge on any atom is 0.260 e. The zero-order valence-electron chi connectivity index (χ0n) is 9.95. The van der Waals surface area contributed by atoms with Crippen molar-refractivity contribution in [2.75, 3.05) is 26.3 Å². The molecule has 0 bridgehead atoms. The average Bonchev–Trinajstić information content (AvgIpc) is 2.91. The van der Waals surface area contributed by atoms with E-state index in [0.29, 0.717) is 32.5 Å². The third-order valence-corrected chi connectivity index (χ3v) is 4.76. The number of aromatic nitrogens is 2. The number of sulfonamides is 1. The molecule has 8 heteroatoms. The lowest BCUT2D eigenvalue weighted by atomic mass is 10.1. The van der Waals surface area contributed by atoms with Gasteiger partial charge in [-0.05, 0) is 12.8 Å². The standard InChI is InChI=1S/C10H17N3O4S/c14-5-6-17-9-1-3-13(4-2-9)18(15,16)10-7-11-8-12-10/h7-9,14H,1-6H2,(H,11,12). The fourth-order valence-electron chi connectivity index (χ4n) is 1.98. The Balaban J connectivity index is 1.94. The Bertz CT molecular complexity index is 451. The van der Waals surface area contributed by atoms with Crippen molar-refractivity contribution in [3.05, 3.63) is 12.5 Å². The van der Waals surface area contributed by atoms with Crippen molar-refractivity contribution in [2.45, 2.75) is 24.0 Å². The van der Waals surface area contributed by atoms with Gasteiger partial charge in [-0.2, -0.15) is 4.31 Å². The van der Waals surface area contributed by atoms with Gasteiger partial charge in [-0.1, -0.05) is 0 Å². The van der Waals surface area contributed by atoms with Crippen LogP contribution in [0.2, 0.25) is 0 Å². The Morgan fingerprint density at radius 2 is 2.22 bits per heavy atom. The maximum absolute atomic E-state index is 12.1. The third kappa shape index (κ3) is 2.89. The molecule has 2 heterocycles. The van der Waals surface area contributed by atoms with Crippen LogP contribution in [-0.4, -0.2) is 60.2 Å². The van der Waals surface area contributed by atoms with Gasteiger partial charge < -0.3 is 14.8 Å². The number of rotatable bonds is 5. The van der Waals surface area contributed by atoms with Crippen molar-refractivity contribution in [3.63, 3.8) is 0 Å². The molecule has 0 unspecified atom stereocenters. The lowest BCUT2D eigenvalue weighted by Crippen LogP contribution is -2.41. The first-order valence-corrected chi connectivity index (χ1v) is 7.29. The van der Waals surface area contributed by atoms with E-state index in [9.17, 15) is 8.42 Å². The van der Waals surface area contributed by atoms with Crippen LogP contribution < -0.4 is 0 Å². The molecule has 0 radical (unpaired) electrons. The highest BCUT2D eigenvalue weighted by atomic mass is 32.2. The molecule has 1 aromatic heterocycles. The average molecular weight is 275 g/mol. The van der Waals surface area contributed by atoms with Crippen LogP contribution in [0.25, 0.3) is 0 Å². The van der Waals surface area contributed by atoms with E-state index in [1.165, 1.54) is 16.8 Å². The van der Waals surface area contributed by atoms with E-state index in [1.54, 1.807) is 0 Å². The second-order valence-electron chi connectivity index (χ2n) is 4.11.